The zero-order valence-corrected chi connectivity index (χ0v) is 11.8. The molecule has 0 fully saturated rings. The molecule has 2 heteroatoms. The van der Waals surface area contributed by atoms with E-state index in [1.165, 1.54) is 38.5 Å². The van der Waals surface area contributed by atoms with Crippen LogP contribution in [0.5, 0.6) is 0 Å². The summed E-state index contributed by atoms with van der Waals surface area (Å²) < 4.78 is 0. The van der Waals surface area contributed by atoms with E-state index in [1.54, 1.807) is 0 Å². The summed E-state index contributed by atoms with van der Waals surface area (Å²) in [5.41, 5.74) is 5.45. The lowest BCUT2D eigenvalue weighted by atomic mass is 9.96. The van der Waals surface area contributed by atoms with Gasteiger partial charge in [-0.05, 0) is 25.8 Å². The highest BCUT2D eigenvalue weighted by atomic mass is 16.1. The molecule has 0 aliphatic heterocycles. The highest BCUT2D eigenvalue weighted by Crippen LogP contribution is 2.13. The van der Waals surface area contributed by atoms with Gasteiger partial charge < -0.3 is 5.73 Å². The second-order valence-electron chi connectivity index (χ2n) is 5.17. The van der Waals surface area contributed by atoms with Gasteiger partial charge in [0, 0.05) is 12.3 Å². The van der Waals surface area contributed by atoms with Crippen molar-refractivity contribution < 1.29 is 4.79 Å². The first kappa shape index (κ1) is 16.6. The van der Waals surface area contributed by atoms with Crippen LogP contribution in [0, 0.1) is 5.92 Å². The van der Waals surface area contributed by atoms with E-state index in [0.29, 0.717) is 12.3 Å². The standard InChI is InChI=1S/C15H31NO/c1-3-4-5-6-7-8-9-12-15(17)14(2)11-10-13-16/h14H,3-13,16H2,1-2H3. The smallest absolute Gasteiger partial charge is 0.135 e. The molecule has 0 amide bonds. The van der Waals surface area contributed by atoms with Crippen molar-refractivity contribution in [3.05, 3.63) is 0 Å². The number of Topliss-reactive ketones (excluding diaryl/α,β-unsaturated/α-hetero) is 1. The minimum absolute atomic E-state index is 0.221. The Hall–Kier alpha value is -0.370. The van der Waals surface area contributed by atoms with Crippen molar-refractivity contribution >= 4 is 5.78 Å². The maximum Gasteiger partial charge on any atom is 0.135 e. The molecule has 0 heterocycles. The number of ketones is 1. The zero-order chi connectivity index (χ0) is 12.9. The maximum absolute atomic E-state index is 11.7. The Balaban J connectivity index is 3.32. The molecule has 2 N–H and O–H groups in total. The summed E-state index contributed by atoms with van der Waals surface area (Å²) >= 11 is 0. The van der Waals surface area contributed by atoms with Crippen molar-refractivity contribution in [3.63, 3.8) is 0 Å². The second kappa shape index (κ2) is 12.1. The van der Waals surface area contributed by atoms with Gasteiger partial charge >= 0.3 is 0 Å². The summed E-state index contributed by atoms with van der Waals surface area (Å²) in [6, 6.07) is 0. The third-order valence-electron chi connectivity index (χ3n) is 3.42. The van der Waals surface area contributed by atoms with Crippen LogP contribution in [-0.4, -0.2) is 12.3 Å². The molecule has 0 radical (unpaired) electrons. The van der Waals surface area contributed by atoms with Crippen LogP contribution in [0.1, 0.15) is 78.1 Å². The molecule has 0 spiro atoms. The van der Waals surface area contributed by atoms with E-state index in [4.69, 9.17) is 5.73 Å². The maximum atomic E-state index is 11.7. The summed E-state index contributed by atoms with van der Waals surface area (Å²) in [5.74, 6) is 0.658. The van der Waals surface area contributed by atoms with E-state index in [0.717, 1.165) is 25.7 Å². The number of carbonyl (C=O) groups is 1. The third kappa shape index (κ3) is 10.5. The van der Waals surface area contributed by atoms with Crippen LogP contribution in [-0.2, 0) is 4.79 Å². The molecule has 0 aromatic carbocycles. The van der Waals surface area contributed by atoms with Crippen LogP contribution in [0.2, 0.25) is 0 Å². The fourth-order valence-corrected chi connectivity index (χ4v) is 2.09. The lowest BCUT2D eigenvalue weighted by Gasteiger charge is -2.09. The highest BCUT2D eigenvalue weighted by Gasteiger charge is 2.11. The molecule has 0 aliphatic carbocycles. The average Bonchev–Trinajstić information content (AvgIpc) is 2.34. The fourth-order valence-electron chi connectivity index (χ4n) is 2.09. The van der Waals surface area contributed by atoms with E-state index in [-0.39, 0.29) is 5.92 Å². The van der Waals surface area contributed by atoms with Gasteiger partial charge in [-0.3, -0.25) is 4.79 Å². The van der Waals surface area contributed by atoms with Crippen LogP contribution in [0.25, 0.3) is 0 Å². The topological polar surface area (TPSA) is 43.1 Å². The summed E-state index contributed by atoms with van der Waals surface area (Å²) in [4.78, 5) is 11.7. The van der Waals surface area contributed by atoms with Crippen LogP contribution in [0.4, 0.5) is 0 Å². The van der Waals surface area contributed by atoms with Crippen molar-refractivity contribution in [2.24, 2.45) is 11.7 Å². The first-order chi connectivity index (χ1) is 8.22. The van der Waals surface area contributed by atoms with Gasteiger partial charge in [0.05, 0.1) is 0 Å². The number of carbonyl (C=O) groups excluding carboxylic acids is 1. The molecule has 1 unspecified atom stereocenters. The van der Waals surface area contributed by atoms with E-state index in [1.807, 2.05) is 6.92 Å². The molecule has 1 atom stereocenters. The minimum Gasteiger partial charge on any atom is -0.330 e. The Morgan fingerprint density at radius 2 is 1.59 bits per heavy atom. The van der Waals surface area contributed by atoms with Gasteiger partial charge in [0.15, 0.2) is 0 Å². The van der Waals surface area contributed by atoms with E-state index >= 15 is 0 Å². The third-order valence-corrected chi connectivity index (χ3v) is 3.42. The highest BCUT2D eigenvalue weighted by molar-refractivity contribution is 5.80. The molecule has 2 nitrogen and oxygen atoms in total. The molecule has 0 bridgehead atoms. The first-order valence-electron chi connectivity index (χ1n) is 7.45. The number of rotatable bonds is 12. The molecule has 0 aromatic heterocycles. The molecule has 0 saturated carbocycles. The van der Waals surface area contributed by atoms with Crippen LogP contribution in [0.3, 0.4) is 0 Å². The van der Waals surface area contributed by atoms with Crippen molar-refractivity contribution in [3.8, 4) is 0 Å². The lowest BCUT2D eigenvalue weighted by molar-refractivity contribution is -0.122. The largest absolute Gasteiger partial charge is 0.330 e. The predicted octanol–water partition coefficient (Wildman–Crippen LogP) is 4.07. The van der Waals surface area contributed by atoms with E-state index in [9.17, 15) is 4.79 Å². The first-order valence-corrected chi connectivity index (χ1v) is 7.45. The normalized spacial score (nSPS) is 12.6. The van der Waals surface area contributed by atoms with Crippen LogP contribution < -0.4 is 5.73 Å². The molecular weight excluding hydrogens is 210 g/mol. The Labute approximate surface area is 107 Å². The van der Waals surface area contributed by atoms with Gasteiger partial charge in [0.1, 0.15) is 5.78 Å². The molecule has 0 aromatic rings. The Morgan fingerprint density at radius 1 is 1.00 bits per heavy atom. The Morgan fingerprint density at radius 3 is 2.18 bits per heavy atom. The number of hydrogen-bond donors (Lipinski definition) is 1. The summed E-state index contributed by atoms with van der Waals surface area (Å²) in [7, 11) is 0. The SMILES string of the molecule is CCCCCCCCCC(=O)C(C)CCCN. The van der Waals surface area contributed by atoms with E-state index < -0.39 is 0 Å². The molecular formula is C15H31NO. The van der Waals surface area contributed by atoms with Crippen LogP contribution >= 0.6 is 0 Å². The van der Waals surface area contributed by atoms with Crippen molar-refractivity contribution in [2.75, 3.05) is 6.54 Å². The Kier molecular flexibility index (Phi) is 11.8. The molecule has 17 heavy (non-hydrogen) atoms. The molecule has 0 saturated heterocycles. The Bertz CT molecular complexity index is 180. The van der Waals surface area contributed by atoms with Crippen LogP contribution in [0.15, 0.2) is 0 Å². The lowest BCUT2D eigenvalue weighted by Crippen LogP contribution is -2.12. The number of unbranched alkanes of at least 4 members (excludes halogenated alkanes) is 6. The number of nitrogens with two attached hydrogens (primary N) is 1. The minimum atomic E-state index is 0.221. The second-order valence-corrected chi connectivity index (χ2v) is 5.17. The number of hydrogen-bond acceptors (Lipinski definition) is 2. The quantitative estimate of drug-likeness (QED) is 0.523. The zero-order valence-electron chi connectivity index (χ0n) is 11.8. The monoisotopic (exact) mass is 241 g/mol. The van der Waals surface area contributed by atoms with Gasteiger partial charge in [-0.1, -0.05) is 52.4 Å². The van der Waals surface area contributed by atoms with E-state index in [2.05, 4.69) is 6.92 Å². The molecule has 0 rings (SSSR count). The van der Waals surface area contributed by atoms with Gasteiger partial charge in [-0.25, -0.2) is 0 Å². The summed E-state index contributed by atoms with van der Waals surface area (Å²) in [6.07, 6.45) is 11.7. The van der Waals surface area contributed by atoms with Crippen molar-refractivity contribution in [1.29, 1.82) is 0 Å². The van der Waals surface area contributed by atoms with Gasteiger partial charge in [-0.2, -0.15) is 0 Å². The molecule has 102 valence electrons. The predicted molar refractivity (Wildman–Crippen MR) is 75.1 cm³/mol. The van der Waals surface area contributed by atoms with Crippen molar-refractivity contribution in [1.82, 2.24) is 0 Å². The summed E-state index contributed by atoms with van der Waals surface area (Å²) in [5, 5.41) is 0. The van der Waals surface area contributed by atoms with Gasteiger partial charge in [0.2, 0.25) is 0 Å². The molecule has 0 aliphatic rings. The van der Waals surface area contributed by atoms with Gasteiger partial charge in [0.25, 0.3) is 0 Å². The fraction of sp³-hybridized carbons (Fsp3) is 0.933. The average molecular weight is 241 g/mol. The van der Waals surface area contributed by atoms with Gasteiger partial charge in [-0.15, -0.1) is 0 Å². The van der Waals surface area contributed by atoms with Crippen molar-refractivity contribution in [2.45, 2.75) is 78.1 Å². The summed E-state index contributed by atoms with van der Waals surface area (Å²) in [6.45, 7) is 4.98.